The van der Waals surface area contributed by atoms with Crippen LogP contribution in [-0.2, 0) is 14.3 Å². The molecule has 2 aromatic carbocycles. The molecule has 3 rings (SSSR count). The molecule has 0 bridgehead atoms. The summed E-state index contributed by atoms with van der Waals surface area (Å²) in [6.45, 7) is 3.98. The highest BCUT2D eigenvalue weighted by atomic mass is 16.5. The van der Waals surface area contributed by atoms with E-state index in [-0.39, 0.29) is 19.0 Å². The van der Waals surface area contributed by atoms with E-state index in [1.807, 2.05) is 19.1 Å². The van der Waals surface area contributed by atoms with E-state index >= 15 is 0 Å². The van der Waals surface area contributed by atoms with E-state index in [4.69, 9.17) is 9.47 Å². The first-order valence-electron chi connectivity index (χ1n) is 8.59. The zero-order chi connectivity index (χ0) is 19.4. The lowest BCUT2D eigenvalue weighted by molar-refractivity contribution is -0.133. The Bertz CT molecular complexity index is 876. The van der Waals surface area contributed by atoms with Gasteiger partial charge in [0.25, 0.3) is 0 Å². The normalized spacial score (nSPS) is 12.8. The number of carbonyl (C=O) groups excluding carboxylic acids is 3. The molecule has 1 aliphatic heterocycles. The standard InChI is InChI=1S/C20H20N2O5/c1-3-26-20(25)14-5-7-15(8-6-14)21-18(23)11-22-12-19(24)27-17-9-4-13(2)10-16(17)22/h4-10H,3,11-12H2,1-2H3,(H,21,23). The predicted molar refractivity (Wildman–Crippen MR) is 100 cm³/mol. The molecule has 0 aliphatic carbocycles. The van der Waals surface area contributed by atoms with Gasteiger partial charge in [-0.25, -0.2) is 9.59 Å². The number of hydrogen-bond acceptors (Lipinski definition) is 6. The van der Waals surface area contributed by atoms with Crippen molar-refractivity contribution in [3.63, 3.8) is 0 Å². The lowest BCUT2D eigenvalue weighted by Crippen LogP contribution is -2.41. The summed E-state index contributed by atoms with van der Waals surface area (Å²) in [5.74, 6) is -0.642. The Kier molecular flexibility index (Phi) is 5.40. The van der Waals surface area contributed by atoms with Crippen molar-refractivity contribution in [1.29, 1.82) is 0 Å². The Labute approximate surface area is 156 Å². The van der Waals surface area contributed by atoms with Crippen molar-refractivity contribution in [2.24, 2.45) is 0 Å². The highest BCUT2D eigenvalue weighted by Gasteiger charge is 2.25. The van der Waals surface area contributed by atoms with Gasteiger partial charge in [-0.05, 0) is 55.8 Å². The number of fused-ring (bicyclic) bond motifs is 1. The van der Waals surface area contributed by atoms with E-state index < -0.39 is 11.9 Å². The lowest BCUT2D eigenvalue weighted by Gasteiger charge is -2.29. The maximum absolute atomic E-state index is 12.4. The number of carbonyl (C=O) groups is 3. The fraction of sp³-hybridized carbons (Fsp3) is 0.250. The number of hydrogen-bond donors (Lipinski definition) is 1. The maximum Gasteiger partial charge on any atom is 0.338 e. The number of nitrogens with zero attached hydrogens (tertiary/aromatic N) is 1. The van der Waals surface area contributed by atoms with Gasteiger partial charge in [-0.3, -0.25) is 4.79 Å². The van der Waals surface area contributed by atoms with E-state index in [2.05, 4.69) is 5.32 Å². The van der Waals surface area contributed by atoms with Gasteiger partial charge in [-0.15, -0.1) is 0 Å². The zero-order valence-corrected chi connectivity index (χ0v) is 15.2. The Morgan fingerprint density at radius 2 is 1.93 bits per heavy atom. The van der Waals surface area contributed by atoms with Gasteiger partial charge in [0, 0.05) is 5.69 Å². The van der Waals surface area contributed by atoms with Crippen LogP contribution >= 0.6 is 0 Å². The number of ether oxygens (including phenoxy) is 2. The second-order valence-corrected chi connectivity index (χ2v) is 6.15. The first kappa shape index (κ1) is 18.4. The second kappa shape index (κ2) is 7.90. The molecule has 0 aromatic heterocycles. The van der Waals surface area contributed by atoms with E-state index in [1.165, 1.54) is 0 Å². The molecule has 1 N–H and O–H groups in total. The molecule has 0 spiro atoms. The van der Waals surface area contributed by atoms with Crippen molar-refractivity contribution in [2.45, 2.75) is 13.8 Å². The molecule has 0 fully saturated rings. The second-order valence-electron chi connectivity index (χ2n) is 6.15. The van der Waals surface area contributed by atoms with Crippen molar-refractivity contribution in [3.8, 4) is 5.75 Å². The highest BCUT2D eigenvalue weighted by Crippen LogP contribution is 2.32. The minimum atomic E-state index is -0.408. The van der Waals surface area contributed by atoms with Crippen molar-refractivity contribution >= 4 is 29.2 Å². The number of esters is 2. The van der Waals surface area contributed by atoms with Gasteiger partial charge in [0.15, 0.2) is 5.75 Å². The average molecular weight is 368 g/mol. The van der Waals surface area contributed by atoms with Crippen LogP contribution in [0, 0.1) is 6.92 Å². The van der Waals surface area contributed by atoms with Crippen molar-refractivity contribution in [2.75, 3.05) is 29.9 Å². The average Bonchev–Trinajstić information content (AvgIpc) is 2.63. The number of amides is 1. The Morgan fingerprint density at radius 1 is 1.19 bits per heavy atom. The molecule has 0 atom stereocenters. The quantitative estimate of drug-likeness (QED) is 0.645. The van der Waals surface area contributed by atoms with Crippen LogP contribution in [0.4, 0.5) is 11.4 Å². The summed E-state index contributed by atoms with van der Waals surface area (Å²) in [6, 6.07) is 11.9. The van der Waals surface area contributed by atoms with Gasteiger partial charge >= 0.3 is 11.9 Å². The predicted octanol–water partition coefficient (Wildman–Crippen LogP) is 2.54. The SMILES string of the molecule is CCOC(=O)c1ccc(NC(=O)CN2CC(=O)Oc3ccc(C)cc32)cc1. The number of nitrogens with one attached hydrogen (secondary N) is 1. The van der Waals surface area contributed by atoms with Crippen LogP contribution in [0.3, 0.4) is 0 Å². The van der Waals surface area contributed by atoms with Crippen molar-refractivity contribution < 1.29 is 23.9 Å². The molecule has 2 aromatic rings. The Hall–Kier alpha value is -3.35. The fourth-order valence-corrected chi connectivity index (χ4v) is 2.78. The fourth-order valence-electron chi connectivity index (χ4n) is 2.78. The minimum absolute atomic E-state index is 0.00514. The summed E-state index contributed by atoms with van der Waals surface area (Å²) in [5, 5.41) is 2.76. The summed E-state index contributed by atoms with van der Waals surface area (Å²) in [5.41, 5.74) is 2.68. The number of rotatable bonds is 5. The molecule has 1 heterocycles. The molecule has 7 heteroatoms. The van der Waals surface area contributed by atoms with E-state index in [1.54, 1.807) is 42.2 Å². The van der Waals surface area contributed by atoms with Crippen LogP contribution in [0.1, 0.15) is 22.8 Å². The Morgan fingerprint density at radius 3 is 2.63 bits per heavy atom. The molecule has 0 unspecified atom stereocenters. The topological polar surface area (TPSA) is 84.9 Å². The summed E-state index contributed by atoms with van der Waals surface area (Å²) in [4.78, 5) is 37.5. The van der Waals surface area contributed by atoms with E-state index in [9.17, 15) is 14.4 Å². The number of benzene rings is 2. The molecule has 0 radical (unpaired) electrons. The molecule has 0 saturated carbocycles. The van der Waals surface area contributed by atoms with Gasteiger partial charge in [0.1, 0.15) is 6.54 Å². The van der Waals surface area contributed by atoms with Gasteiger partial charge in [-0.2, -0.15) is 0 Å². The molecule has 27 heavy (non-hydrogen) atoms. The summed E-state index contributed by atoms with van der Waals surface area (Å²) in [7, 11) is 0. The number of aryl methyl sites for hydroxylation is 1. The van der Waals surface area contributed by atoms with Crippen molar-refractivity contribution in [3.05, 3.63) is 53.6 Å². The van der Waals surface area contributed by atoms with E-state index in [0.29, 0.717) is 29.3 Å². The third kappa shape index (κ3) is 4.44. The molecule has 140 valence electrons. The largest absolute Gasteiger partial charge is 0.462 e. The monoisotopic (exact) mass is 368 g/mol. The molecular formula is C20H20N2O5. The minimum Gasteiger partial charge on any atom is -0.462 e. The van der Waals surface area contributed by atoms with E-state index in [0.717, 1.165) is 5.56 Å². The molecule has 7 nitrogen and oxygen atoms in total. The van der Waals surface area contributed by atoms with Crippen molar-refractivity contribution in [1.82, 2.24) is 0 Å². The zero-order valence-electron chi connectivity index (χ0n) is 15.2. The van der Waals surface area contributed by atoms with Crippen LogP contribution in [0.5, 0.6) is 5.75 Å². The third-order valence-corrected chi connectivity index (χ3v) is 4.01. The maximum atomic E-state index is 12.4. The first-order valence-corrected chi connectivity index (χ1v) is 8.59. The van der Waals surface area contributed by atoms with Gasteiger partial charge < -0.3 is 19.7 Å². The molecule has 1 aliphatic rings. The van der Waals surface area contributed by atoms with Crippen LogP contribution < -0.4 is 15.0 Å². The van der Waals surface area contributed by atoms with Crippen LogP contribution in [0.25, 0.3) is 0 Å². The van der Waals surface area contributed by atoms with Gasteiger partial charge in [0.2, 0.25) is 5.91 Å². The molecular weight excluding hydrogens is 348 g/mol. The van der Waals surface area contributed by atoms with Gasteiger partial charge in [0.05, 0.1) is 24.4 Å². The summed E-state index contributed by atoms with van der Waals surface area (Å²) in [6.07, 6.45) is 0. The summed E-state index contributed by atoms with van der Waals surface area (Å²) >= 11 is 0. The number of anilines is 2. The summed E-state index contributed by atoms with van der Waals surface area (Å²) < 4.78 is 10.1. The van der Waals surface area contributed by atoms with Crippen LogP contribution in [0.2, 0.25) is 0 Å². The third-order valence-electron chi connectivity index (χ3n) is 4.01. The molecule has 1 amide bonds. The molecule has 0 saturated heterocycles. The van der Waals surface area contributed by atoms with Crippen LogP contribution in [0.15, 0.2) is 42.5 Å². The lowest BCUT2D eigenvalue weighted by atomic mass is 10.1. The highest BCUT2D eigenvalue weighted by molar-refractivity contribution is 5.97. The smallest absolute Gasteiger partial charge is 0.338 e. The first-order chi connectivity index (χ1) is 13.0. The van der Waals surface area contributed by atoms with Gasteiger partial charge in [-0.1, -0.05) is 6.07 Å². The Balaban J connectivity index is 1.67. The van der Waals surface area contributed by atoms with Crippen LogP contribution in [-0.4, -0.2) is 37.5 Å².